The summed E-state index contributed by atoms with van der Waals surface area (Å²) in [5.41, 5.74) is -1.58. The number of benzene rings is 2. The third-order valence-electron chi connectivity index (χ3n) is 6.56. The van der Waals surface area contributed by atoms with Gasteiger partial charge in [-0.05, 0) is 82.5 Å². The van der Waals surface area contributed by atoms with Crippen molar-refractivity contribution >= 4 is 46.1 Å². The van der Waals surface area contributed by atoms with Gasteiger partial charge in [0, 0.05) is 27.8 Å². The highest BCUT2D eigenvalue weighted by molar-refractivity contribution is 9.10. The van der Waals surface area contributed by atoms with Crippen LogP contribution in [0.1, 0.15) is 71.4 Å². The Morgan fingerprint density at radius 1 is 0.844 bits per heavy atom. The van der Waals surface area contributed by atoms with E-state index < -0.39 is 35.5 Å². The molecular weight excluding hydrogens is 678 g/mol. The Bertz CT molecular complexity index is 1310. The highest BCUT2D eigenvalue weighted by Gasteiger charge is 2.36. The fraction of sp³-hybridized carbons (Fsp3) is 0.467. The molecule has 248 valence electrons. The molecule has 0 amide bonds. The molecule has 0 aliphatic carbocycles. The zero-order valence-electron chi connectivity index (χ0n) is 24.5. The first kappa shape index (κ1) is 37.7. The van der Waals surface area contributed by atoms with Crippen molar-refractivity contribution in [2.45, 2.75) is 64.0 Å². The molecule has 0 aromatic heterocycles. The van der Waals surface area contributed by atoms with Crippen LogP contribution < -0.4 is 10.2 Å². The zero-order valence-corrected chi connectivity index (χ0v) is 26.1. The Balaban J connectivity index is 0.000000259. The van der Waals surface area contributed by atoms with Gasteiger partial charge in [-0.3, -0.25) is 14.4 Å². The van der Waals surface area contributed by atoms with Crippen LogP contribution in [0.4, 0.5) is 32.0 Å². The van der Waals surface area contributed by atoms with Crippen molar-refractivity contribution in [2.75, 3.05) is 31.2 Å². The van der Waals surface area contributed by atoms with Crippen LogP contribution in [-0.2, 0) is 31.4 Å². The van der Waals surface area contributed by atoms with Gasteiger partial charge in [0.2, 0.25) is 0 Å². The van der Waals surface area contributed by atoms with Crippen LogP contribution in [0.25, 0.3) is 0 Å². The van der Waals surface area contributed by atoms with Gasteiger partial charge < -0.3 is 19.7 Å². The van der Waals surface area contributed by atoms with Gasteiger partial charge in [-0.2, -0.15) is 26.3 Å². The maximum Gasteiger partial charge on any atom is 0.416 e. The number of halogens is 7. The van der Waals surface area contributed by atoms with Crippen LogP contribution >= 0.6 is 15.9 Å². The summed E-state index contributed by atoms with van der Waals surface area (Å²) >= 11 is 2.89. The fourth-order valence-corrected chi connectivity index (χ4v) is 5.07. The van der Waals surface area contributed by atoms with E-state index in [1.807, 2.05) is 6.92 Å². The Kier molecular flexibility index (Phi) is 14.5. The van der Waals surface area contributed by atoms with Crippen molar-refractivity contribution in [1.29, 1.82) is 0 Å². The molecule has 1 N–H and O–H groups in total. The molecule has 0 radical (unpaired) electrons. The van der Waals surface area contributed by atoms with Gasteiger partial charge >= 0.3 is 24.3 Å². The van der Waals surface area contributed by atoms with Crippen molar-refractivity contribution in [3.8, 4) is 0 Å². The van der Waals surface area contributed by atoms with Crippen LogP contribution in [0.5, 0.6) is 0 Å². The molecule has 0 bridgehead atoms. The number of nitrogens with zero attached hydrogens (tertiary/aromatic N) is 1. The summed E-state index contributed by atoms with van der Waals surface area (Å²) in [6.45, 7) is 5.59. The van der Waals surface area contributed by atoms with E-state index in [1.165, 1.54) is 12.1 Å². The van der Waals surface area contributed by atoms with Crippen LogP contribution in [0.3, 0.4) is 0 Å². The number of anilines is 1. The minimum Gasteiger partial charge on any atom is -0.465 e. The molecule has 15 heteroatoms. The summed E-state index contributed by atoms with van der Waals surface area (Å²) < 4.78 is 85.2. The minimum atomic E-state index is -4.55. The molecular formula is C30H33BrF6N2O6. The number of alkyl halides is 6. The van der Waals surface area contributed by atoms with E-state index in [2.05, 4.69) is 21.2 Å². The summed E-state index contributed by atoms with van der Waals surface area (Å²) in [5.74, 6) is -0.551. The fourth-order valence-electron chi connectivity index (χ4n) is 4.56. The maximum atomic E-state index is 12.9. The molecule has 0 spiro atoms. The molecule has 2 fully saturated rings. The first-order chi connectivity index (χ1) is 21.1. The van der Waals surface area contributed by atoms with E-state index in [-0.39, 0.29) is 39.9 Å². The molecule has 0 saturated carbocycles. The minimum absolute atomic E-state index is 0.00157. The second-order valence-corrected chi connectivity index (χ2v) is 10.7. The van der Waals surface area contributed by atoms with Crippen molar-refractivity contribution in [1.82, 2.24) is 5.32 Å². The Morgan fingerprint density at radius 3 is 1.91 bits per heavy atom. The quantitative estimate of drug-likeness (QED) is 0.194. The summed E-state index contributed by atoms with van der Waals surface area (Å²) in [6, 6.07) is 5.53. The molecule has 2 unspecified atom stereocenters. The van der Waals surface area contributed by atoms with Gasteiger partial charge in [-0.15, -0.1) is 0 Å². The molecule has 2 aliphatic heterocycles. The van der Waals surface area contributed by atoms with Gasteiger partial charge in [0.05, 0.1) is 24.3 Å². The van der Waals surface area contributed by atoms with E-state index in [0.717, 1.165) is 43.7 Å². The number of carbonyl (C=O) groups is 4. The standard InChI is InChI=1S/C15H16F3NO3.C8H4BrF3O.C7H13NO2/c1-2-22-14(21)13-4-3-5-19(13)12-7-10(9-20)6-11(8-12)15(16,17)18;9-7-2-5(4-13)1-6(3-7)8(10,11)12;1-2-10-7(9)6-4-3-5-8-6/h6-9,13H,2-5H2,1H3;1-4H;6,8H,2-5H2,1H3. The lowest BCUT2D eigenvalue weighted by atomic mass is 10.1. The first-order valence-corrected chi connectivity index (χ1v) is 14.8. The number of nitrogens with one attached hydrogen (secondary N) is 1. The third kappa shape index (κ3) is 11.8. The van der Waals surface area contributed by atoms with Crippen molar-refractivity contribution in [2.24, 2.45) is 0 Å². The Labute approximate surface area is 264 Å². The Hall–Kier alpha value is -3.46. The summed E-state index contributed by atoms with van der Waals surface area (Å²) in [6.07, 6.45) is -5.01. The third-order valence-corrected chi connectivity index (χ3v) is 7.02. The monoisotopic (exact) mass is 710 g/mol. The topological polar surface area (TPSA) is 102 Å². The van der Waals surface area contributed by atoms with Gasteiger partial charge in [-0.1, -0.05) is 15.9 Å². The molecule has 8 nitrogen and oxygen atoms in total. The summed E-state index contributed by atoms with van der Waals surface area (Å²) in [5, 5.41) is 3.07. The smallest absolute Gasteiger partial charge is 0.416 e. The average molecular weight is 711 g/mol. The second-order valence-electron chi connectivity index (χ2n) is 9.82. The number of hydrogen-bond acceptors (Lipinski definition) is 8. The summed E-state index contributed by atoms with van der Waals surface area (Å²) in [7, 11) is 0. The zero-order chi connectivity index (χ0) is 33.8. The van der Waals surface area contributed by atoms with Crippen molar-refractivity contribution in [3.05, 3.63) is 63.1 Å². The molecule has 2 aromatic rings. The van der Waals surface area contributed by atoms with Crippen molar-refractivity contribution < 1.29 is 55.0 Å². The second kappa shape index (κ2) is 17.3. The number of rotatable bonds is 7. The number of ether oxygens (including phenoxy) is 2. The van der Waals surface area contributed by atoms with Crippen LogP contribution in [0, 0.1) is 0 Å². The SMILES string of the molecule is CCOC(=O)C1CCCN1.CCOC(=O)C1CCCN1c1cc(C=O)cc(C(F)(F)F)c1.O=Cc1cc(Br)cc(C(F)(F)F)c1. The summed E-state index contributed by atoms with van der Waals surface area (Å²) in [4.78, 5) is 45.6. The highest BCUT2D eigenvalue weighted by atomic mass is 79.9. The molecule has 4 rings (SSSR count). The van der Waals surface area contributed by atoms with Crippen molar-refractivity contribution in [3.63, 3.8) is 0 Å². The first-order valence-electron chi connectivity index (χ1n) is 14.0. The van der Waals surface area contributed by atoms with E-state index in [9.17, 15) is 45.5 Å². The van der Waals surface area contributed by atoms with E-state index >= 15 is 0 Å². The lowest BCUT2D eigenvalue weighted by Crippen LogP contribution is -2.37. The molecule has 2 aromatic carbocycles. The number of esters is 2. The van der Waals surface area contributed by atoms with E-state index in [4.69, 9.17) is 9.47 Å². The normalized spacial score (nSPS) is 17.8. The largest absolute Gasteiger partial charge is 0.465 e. The molecule has 2 aliphatic rings. The van der Waals surface area contributed by atoms with Gasteiger partial charge in [-0.25, -0.2) is 4.79 Å². The number of aldehydes is 2. The molecule has 2 saturated heterocycles. The van der Waals surface area contributed by atoms with Gasteiger partial charge in [0.15, 0.2) is 0 Å². The van der Waals surface area contributed by atoms with Gasteiger partial charge in [0.1, 0.15) is 24.7 Å². The maximum absolute atomic E-state index is 12.9. The lowest BCUT2D eigenvalue weighted by Gasteiger charge is -2.26. The van der Waals surface area contributed by atoms with Crippen LogP contribution in [0.15, 0.2) is 40.9 Å². The highest BCUT2D eigenvalue weighted by Crippen LogP contribution is 2.35. The van der Waals surface area contributed by atoms with Gasteiger partial charge in [0.25, 0.3) is 0 Å². The van der Waals surface area contributed by atoms with E-state index in [1.54, 1.807) is 11.8 Å². The predicted molar refractivity (Wildman–Crippen MR) is 156 cm³/mol. The Morgan fingerprint density at radius 2 is 1.40 bits per heavy atom. The lowest BCUT2D eigenvalue weighted by molar-refractivity contribution is -0.145. The molecule has 45 heavy (non-hydrogen) atoms. The molecule has 2 heterocycles. The molecule has 2 atom stereocenters. The van der Waals surface area contributed by atoms with Crippen LogP contribution in [-0.4, -0.2) is 62.9 Å². The number of carbonyl (C=O) groups excluding carboxylic acids is 4. The average Bonchev–Trinajstić information content (AvgIpc) is 3.70. The predicted octanol–water partition coefficient (Wildman–Crippen LogP) is 6.63. The number of hydrogen-bond donors (Lipinski definition) is 1. The van der Waals surface area contributed by atoms with Crippen LogP contribution in [0.2, 0.25) is 0 Å². The van der Waals surface area contributed by atoms with E-state index in [0.29, 0.717) is 38.6 Å².